The van der Waals surface area contributed by atoms with Gasteiger partial charge in [0.2, 0.25) is 5.78 Å². The third-order valence-electron chi connectivity index (χ3n) is 10.4. The first kappa shape index (κ1) is 51.7. The van der Waals surface area contributed by atoms with Crippen LogP contribution in [0.4, 0.5) is 22.7 Å². The molecule has 0 spiro atoms. The number of aromatic hydroxyl groups is 2. The molecule has 0 aromatic heterocycles. The minimum atomic E-state index is -0.395. The Morgan fingerprint density at radius 2 is 0.955 bits per heavy atom. The molecular weight excluding hydrogens is 1180 g/mol. The lowest BCUT2D eigenvalue weighted by atomic mass is 9.82. The lowest BCUT2D eigenvalue weighted by Gasteiger charge is -2.22. The summed E-state index contributed by atoms with van der Waals surface area (Å²) in [6.45, 7) is 3.19. The predicted molar refractivity (Wildman–Crippen MR) is 258 cm³/mol. The van der Waals surface area contributed by atoms with Gasteiger partial charge in [0, 0.05) is 74.5 Å². The number of carbonyl (C=O) groups is 6. The first-order chi connectivity index (χ1) is 30.5. The van der Waals surface area contributed by atoms with E-state index in [1.807, 2.05) is 24.3 Å². The number of anilines is 2. The van der Waals surface area contributed by atoms with Gasteiger partial charge >= 0.3 is 11.9 Å². The molecule has 0 radical (unpaired) electrons. The zero-order chi connectivity index (χ0) is 46.0. The minimum Gasteiger partial charge on any atom is -1.00 e. The molecule has 0 saturated heterocycles. The first-order valence-corrected chi connectivity index (χ1v) is 22.7. The highest BCUT2D eigenvalue weighted by Gasteiger charge is 2.36. The van der Waals surface area contributed by atoms with Crippen LogP contribution in [0.5, 0.6) is 11.5 Å². The Kier molecular flexibility index (Phi) is 17.2. The number of ether oxygens (including phenoxy) is 2. The number of phenolic OH excluding ortho intramolecular Hbond substituents is 2. The molecule has 0 aliphatic heterocycles. The van der Waals surface area contributed by atoms with Gasteiger partial charge in [-0.2, -0.15) is 0 Å². The third kappa shape index (κ3) is 10.8. The van der Waals surface area contributed by atoms with Gasteiger partial charge in [-0.15, -0.1) is 0 Å². The third-order valence-corrected chi connectivity index (χ3v) is 13.2. The smallest absolute Gasteiger partial charge is 0.302 e. The maximum atomic E-state index is 13.3. The van der Waals surface area contributed by atoms with Crippen LogP contribution < -0.4 is 27.6 Å². The van der Waals surface area contributed by atoms with Crippen LogP contribution in [0.2, 0.25) is 0 Å². The standard InChI is InChI=1S/2C24H17Br2NO5.CH4.BrH/c2*1-12(28)32-9-8-13-10-19(17(26)11-16(13)25)27-18-6-7-20(29)22-21(18)23(30)14-4-2-3-5-15(14)24(22)31;;/h2*2-7,10-11,27,29H,8-9H2,1H3;1H4;1H. The number of carbonyl (C=O) groups excluding carboxylic acids is 6. The monoisotopic (exact) mass is 1210 g/mol. The van der Waals surface area contributed by atoms with Crippen molar-refractivity contribution in [1.82, 2.24) is 0 Å². The Morgan fingerprint density at radius 3 is 1.45 bits per heavy atom. The molecule has 8 rings (SSSR count). The van der Waals surface area contributed by atoms with E-state index in [9.17, 15) is 39.0 Å². The van der Waals surface area contributed by atoms with Crippen molar-refractivity contribution in [2.24, 2.45) is 0 Å². The summed E-state index contributed by atoms with van der Waals surface area (Å²) in [4.78, 5) is 74.7. The van der Waals surface area contributed by atoms with Crippen LogP contribution in [-0.2, 0) is 31.9 Å². The van der Waals surface area contributed by atoms with Crippen LogP contribution in [0.3, 0.4) is 0 Å². The summed E-state index contributed by atoms with van der Waals surface area (Å²) < 4.78 is 13.3. The molecule has 0 amide bonds. The predicted octanol–water partition coefficient (Wildman–Crippen LogP) is 7.51. The molecule has 0 heterocycles. The molecular formula is C49H39Br5N2O10. The van der Waals surface area contributed by atoms with Gasteiger partial charge in [0.05, 0.1) is 51.3 Å². The van der Waals surface area contributed by atoms with E-state index in [1.54, 1.807) is 66.0 Å². The molecule has 340 valence electrons. The fourth-order valence-electron chi connectivity index (χ4n) is 7.38. The number of benzene rings is 6. The minimum absolute atomic E-state index is 0. The van der Waals surface area contributed by atoms with Crippen molar-refractivity contribution in [2.75, 3.05) is 18.5 Å². The fourth-order valence-corrected chi connectivity index (χ4v) is 9.98. The highest BCUT2D eigenvalue weighted by molar-refractivity contribution is 9.11. The molecule has 0 bridgehead atoms. The molecule has 5 N–H and O–H groups in total. The molecule has 0 atom stereocenters. The van der Waals surface area contributed by atoms with E-state index >= 15 is 0 Å². The van der Waals surface area contributed by atoms with Gasteiger partial charge in [-0.3, -0.25) is 34.1 Å². The molecule has 12 nitrogen and oxygen atoms in total. The normalized spacial score (nSPS) is 11.9. The molecule has 2 aliphatic rings. The number of nitrogens with one attached hydrogen (secondary N) is 1. The Morgan fingerprint density at radius 1 is 0.530 bits per heavy atom. The van der Waals surface area contributed by atoms with Crippen molar-refractivity contribution in [2.45, 2.75) is 34.1 Å². The van der Waals surface area contributed by atoms with Gasteiger partial charge in [-0.25, -0.2) is 0 Å². The number of esters is 2. The summed E-state index contributed by atoms with van der Waals surface area (Å²) in [7, 11) is 0. The van der Waals surface area contributed by atoms with Crippen molar-refractivity contribution < 1.29 is 70.8 Å². The SMILES string of the molecule is C.CC(=O)OCCc1cc(Nc2ccc(O)c3c2C(=O)c2ccccc2C3=O)c(Br)cc1Br.CC(=O)OCCc1cc([NH2+]c2ccc(O)c3c2C(=O)c2ccccc2C3=O)c(Br)cc1Br.[Br-]. The maximum Gasteiger partial charge on any atom is 0.302 e. The highest BCUT2D eigenvalue weighted by Crippen LogP contribution is 2.41. The van der Waals surface area contributed by atoms with Gasteiger partial charge in [0.25, 0.3) is 0 Å². The van der Waals surface area contributed by atoms with E-state index in [0.29, 0.717) is 41.0 Å². The van der Waals surface area contributed by atoms with Crippen LogP contribution in [0.25, 0.3) is 0 Å². The number of hydrogen-bond acceptors (Lipinski definition) is 11. The molecule has 66 heavy (non-hydrogen) atoms. The molecule has 0 fully saturated rings. The van der Waals surface area contributed by atoms with E-state index in [2.05, 4.69) is 69.0 Å². The number of halogens is 5. The van der Waals surface area contributed by atoms with E-state index in [4.69, 9.17) is 9.47 Å². The Hall–Kier alpha value is -5.30. The Balaban J connectivity index is 0.000000240. The number of rotatable bonds is 10. The number of quaternary nitrogens is 1. The van der Waals surface area contributed by atoms with Crippen molar-refractivity contribution in [3.8, 4) is 11.5 Å². The van der Waals surface area contributed by atoms with Crippen LogP contribution >= 0.6 is 63.7 Å². The van der Waals surface area contributed by atoms with Crippen LogP contribution in [0, 0.1) is 0 Å². The first-order valence-electron chi connectivity index (χ1n) is 19.5. The summed E-state index contributed by atoms with van der Waals surface area (Å²) in [5.74, 6) is -2.57. The van der Waals surface area contributed by atoms with Gasteiger partial charge < -0.3 is 42.0 Å². The zero-order valence-corrected chi connectivity index (χ0v) is 42.1. The van der Waals surface area contributed by atoms with Crippen molar-refractivity contribution >= 4 is 122 Å². The topological polar surface area (TPSA) is 190 Å². The second-order valence-corrected chi connectivity index (χ2v) is 18.0. The number of ketones is 4. The zero-order valence-electron chi connectivity index (χ0n) is 34.2. The quantitative estimate of drug-likeness (QED) is 0.0603. The summed E-state index contributed by atoms with van der Waals surface area (Å²) in [6.07, 6.45) is 0.993. The summed E-state index contributed by atoms with van der Waals surface area (Å²) in [5.41, 5.74) is 5.67. The van der Waals surface area contributed by atoms with Gasteiger partial charge in [0.15, 0.2) is 17.3 Å². The van der Waals surface area contributed by atoms with Crippen LogP contribution in [0.1, 0.15) is 96.1 Å². The molecule has 0 unspecified atom stereocenters. The molecule has 2 aliphatic carbocycles. The van der Waals surface area contributed by atoms with Crippen LogP contribution in [-0.4, -0.2) is 58.5 Å². The van der Waals surface area contributed by atoms with E-state index in [1.165, 1.54) is 26.0 Å². The van der Waals surface area contributed by atoms with Gasteiger partial charge in [0.1, 0.15) is 22.9 Å². The lowest BCUT2D eigenvalue weighted by molar-refractivity contribution is -0.479. The maximum absolute atomic E-state index is 13.3. The Labute approximate surface area is 423 Å². The summed E-state index contributed by atoms with van der Waals surface area (Å²) in [5, 5.41) is 25.8. The van der Waals surface area contributed by atoms with Gasteiger partial charge in [-0.1, -0.05) is 87.8 Å². The van der Waals surface area contributed by atoms with Gasteiger partial charge in [-0.05, 0) is 79.4 Å². The largest absolute Gasteiger partial charge is 1.00 e. The molecule has 17 heteroatoms. The summed E-state index contributed by atoms with van der Waals surface area (Å²) in [6, 6.07) is 26.7. The van der Waals surface area contributed by atoms with E-state index in [-0.39, 0.29) is 112 Å². The average Bonchev–Trinajstić information content (AvgIpc) is 3.26. The highest BCUT2D eigenvalue weighted by atomic mass is 79.9. The molecule has 6 aromatic carbocycles. The summed E-state index contributed by atoms with van der Waals surface area (Å²) >= 11 is 14.1. The lowest BCUT2D eigenvalue weighted by Crippen LogP contribution is -3.00. The van der Waals surface area contributed by atoms with E-state index in [0.717, 1.165) is 34.7 Å². The second-order valence-electron chi connectivity index (χ2n) is 14.6. The molecule has 6 aromatic rings. The van der Waals surface area contributed by atoms with E-state index < -0.39 is 5.78 Å². The molecule has 0 saturated carbocycles. The number of nitrogens with two attached hydrogens (primary N) is 1. The second kappa shape index (κ2) is 22.0. The number of phenols is 2. The Bertz CT molecular complexity index is 2770. The fraction of sp³-hybridized carbons (Fsp3) is 0.143. The van der Waals surface area contributed by atoms with Crippen molar-refractivity contribution in [3.63, 3.8) is 0 Å². The number of fused-ring (bicyclic) bond motifs is 4. The van der Waals surface area contributed by atoms with Crippen molar-refractivity contribution in [1.29, 1.82) is 0 Å². The van der Waals surface area contributed by atoms with Crippen molar-refractivity contribution in [3.05, 3.63) is 171 Å². The number of hydrogen-bond donors (Lipinski definition) is 4. The van der Waals surface area contributed by atoms with Crippen LogP contribution in [0.15, 0.2) is 115 Å². The average molecular weight is 1220 g/mol.